The molecule has 0 saturated heterocycles. The minimum absolute atomic E-state index is 0.532. The van der Waals surface area contributed by atoms with Crippen LogP contribution < -0.4 is 16.6 Å². The van der Waals surface area contributed by atoms with Crippen LogP contribution in [0.4, 0.5) is 11.6 Å². The highest BCUT2D eigenvalue weighted by Crippen LogP contribution is 2.18. The van der Waals surface area contributed by atoms with E-state index in [0.717, 1.165) is 18.8 Å². The van der Waals surface area contributed by atoms with Crippen molar-refractivity contribution in [2.24, 2.45) is 5.84 Å². The third-order valence-corrected chi connectivity index (χ3v) is 3.15. The van der Waals surface area contributed by atoms with Crippen LogP contribution >= 0.6 is 0 Å². The summed E-state index contributed by atoms with van der Waals surface area (Å²) in [5.41, 5.74) is 3.91. The fourth-order valence-electron chi connectivity index (χ4n) is 1.98. The summed E-state index contributed by atoms with van der Waals surface area (Å²) < 4.78 is 0. The van der Waals surface area contributed by atoms with Crippen LogP contribution in [0.15, 0.2) is 48.5 Å². The monoisotopic (exact) mass is 256 g/mol. The average molecular weight is 256 g/mol. The van der Waals surface area contributed by atoms with Crippen LogP contribution in [0.3, 0.4) is 0 Å². The molecule has 0 spiro atoms. The van der Waals surface area contributed by atoms with Gasteiger partial charge in [-0.25, -0.2) is 10.8 Å². The molecule has 1 unspecified atom stereocenters. The van der Waals surface area contributed by atoms with Crippen molar-refractivity contribution in [2.45, 2.75) is 19.3 Å². The van der Waals surface area contributed by atoms with E-state index in [0.29, 0.717) is 11.7 Å². The Hall–Kier alpha value is -2.07. The Morgan fingerprint density at radius 3 is 2.53 bits per heavy atom. The summed E-state index contributed by atoms with van der Waals surface area (Å²) >= 11 is 0. The SMILES string of the molecule is CC(CCNc1cccc(NN)n1)c1ccccc1. The molecule has 19 heavy (non-hydrogen) atoms. The first-order chi connectivity index (χ1) is 9.29. The molecule has 0 bridgehead atoms. The van der Waals surface area contributed by atoms with Gasteiger partial charge in [-0.3, -0.25) is 0 Å². The topological polar surface area (TPSA) is 63.0 Å². The lowest BCUT2D eigenvalue weighted by atomic mass is 9.98. The van der Waals surface area contributed by atoms with Crippen molar-refractivity contribution in [3.63, 3.8) is 0 Å². The number of hydrogen-bond acceptors (Lipinski definition) is 4. The lowest BCUT2D eigenvalue weighted by molar-refractivity contribution is 0.705. The van der Waals surface area contributed by atoms with Crippen LogP contribution in [-0.4, -0.2) is 11.5 Å². The van der Waals surface area contributed by atoms with Gasteiger partial charge in [0.25, 0.3) is 0 Å². The second kappa shape index (κ2) is 6.75. The summed E-state index contributed by atoms with van der Waals surface area (Å²) in [6.45, 7) is 3.12. The van der Waals surface area contributed by atoms with Crippen molar-refractivity contribution in [2.75, 3.05) is 17.3 Å². The number of pyridine rings is 1. The number of rotatable bonds is 6. The summed E-state index contributed by atoms with van der Waals surface area (Å²) in [5, 5.41) is 3.31. The smallest absolute Gasteiger partial charge is 0.142 e. The molecule has 2 aromatic rings. The van der Waals surface area contributed by atoms with Gasteiger partial charge in [0.15, 0.2) is 0 Å². The van der Waals surface area contributed by atoms with Crippen molar-refractivity contribution in [1.82, 2.24) is 4.98 Å². The second-order valence-corrected chi connectivity index (χ2v) is 4.58. The highest BCUT2D eigenvalue weighted by atomic mass is 15.3. The number of nitrogens with one attached hydrogen (secondary N) is 2. The number of aromatic nitrogens is 1. The average Bonchev–Trinajstić information content (AvgIpc) is 2.48. The van der Waals surface area contributed by atoms with Crippen molar-refractivity contribution >= 4 is 11.6 Å². The van der Waals surface area contributed by atoms with Gasteiger partial charge in [0.2, 0.25) is 0 Å². The number of anilines is 2. The standard InChI is InChI=1S/C15H20N4/c1-12(13-6-3-2-4-7-13)10-11-17-14-8-5-9-15(18-14)19-16/h2-9,12H,10-11,16H2,1H3,(H2,17,18,19). The molecule has 1 aromatic heterocycles. The molecule has 1 aromatic carbocycles. The number of hydrazine groups is 1. The van der Waals surface area contributed by atoms with Gasteiger partial charge in [0.1, 0.15) is 11.6 Å². The number of benzene rings is 1. The minimum atomic E-state index is 0.532. The summed E-state index contributed by atoms with van der Waals surface area (Å²) in [6, 6.07) is 16.2. The zero-order chi connectivity index (χ0) is 13.5. The summed E-state index contributed by atoms with van der Waals surface area (Å²) in [4.78, 5) is 4.31. The van der Waals surface area contributed by atoms with E-state index in [9.17, 15) is 0 Å². The van der Waals surface area contributed by atoms with Gasteiger partial charge in [-0.15, -0.1) is 0 Å². The molecule has 0 saturated carbocycles. The van der Waals surface area contributed by atoms with Crippen LogP contribution in [0.25, 0.3) is 0 Å². The molecular weight excluding hydrogens is 236 g/mol. The normalized spacial score (nSPS) is 11.9. The zero-order valence-corrected chi connectivity index (χ0v) is 11.1. The second-order valence-electron chi connectivity index (χ2n) is 4.58. The molecule has 0 aliphatic rings. The Morgan fingerprint density at radius 2 is 1.79 bits per heavy atom. The Labute approximate surface area is 114 Å². The van der Waals surface area contributed by atoms with Gasteiger partial charge < -0.3 is 10.7 Å². The summed E-state index contributed by atoms with van der Waals surface area (Å²) in [6.07, 6.45) is 1.06. The Bertz CT molecular complexity index is 499. The Balaban J connectivity index is 1.83. The van der Waals surface area contributed by atoms with Gasteiger partial charge in [0.05, 0.1) is 0 Å². The van der Waals surface area contributed by atoms with Crippen molar-refractivity contribution < 1.29 is 0 Å². The largest absolute Gasteiger partial charge is 0.370 e. The first kappa shape index (κ1) is 13.4. The van der Waals surface area contributed by atoms with E-state index in [1.807, 2.05) is 24.3 Å². The number of hydrogen-bond donors (Lipinski definition) is 3. The Kier molecular flexibility index (Phi) is 4.75. The molecule has 4 heteroatoms. The fourth-order valence-corrected chi connectivity index (χ4v) is 1.98. The van der Waals surface area contributed by atoms with Gasteiger partial charge in [-0.2, -0.15) is 0 Å². The van der Waals surface area contributed by atoms with Gasteiger partial charge in [-0.05, 0) is 30.0 Å². The molecule has 0 aliphatic heterocycles. The van der Waals surface area contributed by atoms with Crippen LogP contribution in [0.1, 0.15) is 24.8 Å². The number of nitrogen functional groups attached to an aromatic ring is 1. The highest BCUT2D eigenvalue weighted by Gasteiger charge is 2.04. The van der Waals surface area contributed by atoms with E-state index < -0.39 is 0 Å². The van der Waals surface area contributed by atoms with Gasteiger partial charge in [-0.1, -0.05) is 43.3 Å². The Morgan fingerprint density at radius 1 is 1.05 bits per heavy atom. The molecule has 1 heterocycles. The van der Waals surface area contributed by atoms with Crippen molar-refractivity contribution in [1.29, 1.82) is 0 Å². The first-order valence-electron chi connectivity index (χ1n) is 6.52. The van der Waals surface area contributed by atoms with E-state index in [4.69, 9.17) is 5.84 Å². The van der Waals surface area contributed by atoms with E-state index in [-0.39, 0.29) is 0 Å². The highest BCUT2D eigenvalue weighted by molar-refractivity contribution is 5.44. The van der Waals surface area contributed by atoms with Crippen molar-refractivity contribution in [3.05, 3.63) is 54.1 Å². The first-order valence-corrected chi connectivity index (χ1v) is 6.52. The lowest BCUT2D eigenvalue weighted by Crippen LogP contribution is -2.11. The third-order valence-electron chi connectivity index (χ3n) is 3.15. The maximum absolute atomic E-state index is 5.33. The molecular formula is C15H20N4. The predicted molar refractivity (Wildman–Crippen MR) is 80.0 cm³/mol. The number of nitrogens with two attached hydrogens (primary N) is 1. The number of nitrogens with zero attached hydrogens (tertiary/aromatic N) is 1. The van der Waals surface area contributed by atoms with E-state index in [2.05, 4.69) is 46.9 Å². The quantitative estimate of drug-likeness (QED) is 0.549. The maximum Gasteiger partial charge on any atom is 0.142 e. The van der Waals surface area contributed by atoms with Crippen LogP contribution in [-0.2, 0) is 0 Å². The molecule has 0 amide bonds. The molecule has 1 atom stereocenters. The van der Waals surface area contributed by atoms with Crippen molar-refractivity contribution in [3.8, 4) is 0 Å². The molecule has 4 N–H and O–H groups in total. The molecule has 0 fully saturated rings. The molecule has 4 nitrogen and oxygen atoms in total. The molecule has 2 rings (SSSR count). The third kappa shape index (κ3) is 3.96. The van der Waals surface area contributed by atoms with Crippen LogP contribution in [0.2, 0.25) is 0 Å². The maximum atomic E-state index is 5.33. The minimum Gasteiger partial charge on any atom is -0.370 e. The van der Waals surface area contributed by atoms with Crippen LogP contribution in [0.5, 0.6) is 0 Å². The lowest BCUT2D eigenvalue weighted by Gasteiger charge is -2.13. The van der Waals surface area contributed by atoms with E-state index >= 15 is 0 Å². The van der Waals surface area contributed by atoms with Gasteiger partial charge in [0, 0.05) is 6.54 Å². The zero-order valence-electron chi connectivity index (χ0n) is 11.1. The predicted octanol–water partition coefficient (Wildman–Crippen LogP) is 2.97. The summed E-state index contributed by atoms with van der Waals surface area (Å²) in [7, 11) is 0. The van der Waals surface area contributed by atoms with Crippen LogP contribution in [0, 0.1) is 0 Å². The fraction of sp³-hybridized carbons (Fsp3) is 0.267. The summed E-state index contributed by atoms with van der Waals surface area (Å²) in [5.74, 6) is 7.37. The molecule has 100 valence electrons. The van der Waals surface area contributed by atoms with Gasteiger partial charge >= 0.3 is 0 Å². The van der Waals surface area contributed by atoms with E-state index in [1.54, 1.807) is 0 Å². The molecule has 0 aliphatic carbocycles. The van der Waals surface area contributed by atoms with E-state index in [1.165, 1.54) is 5.56 Å². The molecule has 0 radical (unpaired) electrons.